The van der Waals surface area contributed by atoms with Crippen LogP contribution in [0.1, 0.15) is 43.3 Å². The lowest BCUT2D eigenvalue weighted by atomic mass is 10.0. The van der Waals surface area contributed by atoms with Gasteiger partial charge in [-0.2, -0.15) is 0 Å². The molecular weight excluding hydrogens is 178 g/mol. The standard InChI is InChI=1S/C11H17NS/c1-2-11-12-10(8-13-11)7-9-5-3-4-6-9/h8-9H,2-7H2,1H3. The molecule has 2 rings (SSSR count). The van der Waals surface area contributed by atoms with Crippen molar-refractivity contribution >= 4 is 11.3 Å². The van der Waals surface area contributed by atoms with Gasteiger partial charge in [-0.15, -0.1) is 11.3 Å². The van der Waals surface area contributed by atoms with Gasteiger partial charge >= 0.3 is 0 Å². The van der Waals surface area contributed by atoms with Crippen LogP contribution in [0.2, 0.25) is 0 Å². The third-order valence-electron chi connectivity index (χ3n) is 2.87. The fourth-order valence-corrected chi connectivity index (χ4v) is 2.87. The molecule has 0 aromatic carbocycles. The summed E-state index contributed by atoms with van der Waals surface area (Å²) >= 11 is 1.82. The lowest BCUT2D eigenvalue weighted by Gasteiger charge is -2.04. The fourth-order valence-electron chi connectivity index (χ4n) is 2.12. The van der Waals surface area contributed by atoms with Crippen LogP contribution in [0.25, 0.3) is 0 Å². The molecule has 13 heavy (non-hydrogen) atoms. The van der Waals surface area contributed by atoms with E-state index in [9.17, 15) is 0 Å². The molecule has 0 N–H and O–H groups in total. The second-order valence-corrected chi connectivity index (χ2v) is 4.88. The predicted molar refractivity (Wildman–Crippen MR) is 57.2 cm³/mol. The van der Waals surface area contributed by atoms with E-state index in [2.05, 4.69) is 17.3 Å². The summed E-state index contributed by atoms with van der Waals surface area (Å²) in [5, 5.41) is 3.55. The first-order chi connectivity index (χ1) is 6.38. The van der Waals surface area contributed by atoms with Crippen molar-refractivity contribution in [1.82, 2.24) is 4.98 Å². The highest BCUT2D eigenvalue weighted by atomic mass is 32.1. The van der Waals surface area contributed by atoms with Crippen LogP contribution in [0.4, 0.5) is 0 Å². The number of hydrogen-bond donors (Lipinski definition) is 0. The highest BCUT2D eigenvalue weighted by Gasteiger charge is 2.16. The highest BCUT2D eigenvalue weighted by Crippen LogP contribution is 2.28. The first-order valence-corrected chi connectivity index (χ1v) is 6.19. The van der Waals surface area contributed by atoms with Gasteiger partial charge in [0.05, 0.1) is 10.7 Å². The molecule has 1 fully saturated rings. The van der Waals surface area contributed by atoms with Crippen molar-refractivity contribution in [3.05, 3.63) is 16.1 Å². The van der Waals surface area contributed by atoms with Crippen molar-refractivity contribution in [3.63, 3.8) is 0 Å². The van der Waals surface area contributed by atoms with Gasteiger partial charge < -0.3 is 0 Å². The largest absolute Gasteiger partial charge is 0.246 e. The molecule has 0 radical (unpaired) electrons. The summed E-state index contributed by atoms with van der Waals surface area (Å²) in [4.78, 5) is 4.61. The SMILES string of the molecule is CCc1nc(CC2CCCC2)cs1. The zero-order valence-corrected chi connectivity index (χ0v) is 9.07. The number of aromatic nitrogens is 1. The Morgan fingerprint density at radius 2 is 2.23 bits per heavy atom. The molecule has 1 heterocycles. The number of hydrogen-bond acceptors (Lipinski definition) is 2. The Hall–Kier alpha value is -0.370. The van der Waals surface area contributed by atoms with Gasteiger partial charge in [0, 0.05) is 5.38 Å². The zero-order chi connectivity index (χ0) is 9.10. The molecule has 0 amide bonds. The first-order valence-electron chi connectivity index (χ1n) is 5.31. The number of aryl methyl sites for hydroxylation is 1. The summed E-state index contributed by atoms with van der Waals surface area (Å²) in [6, 6.07) is 0. The van der Waals surface area contributed by atoms with Crippen LogP contribution >= 0.6 is 11.3 Å². The van der Waals surface area contributed by atoms with Crippen molar-refractivity contribution in [2.24, 2.45) is 5.92 Å². The molecule has 1 aliphatic rings. The molecule has 1 aromatic rings. The summed E-state index contributed by atoms with van der Waals surface area (Å²) in [6.45, 7) is 2.18. The monoisotopic (exact) mass is 195 g/mol. The Morgan fingerprint density at radius 1 is 1.46 bits per heavy atom. The van der Waals surface area contributed by atoms with E-state index < -0.39 is 0 Å². The second kappa shape index (κ2) is 4.23. The number of thiazole rings is 1. The fraction of sp³-hybridized carbons (Fsp3) is 0.727. The smallest absolute Gasteiger partial charge is 0.0925 e. The van der Waals surface area contributed by atoms with Gasteiger partial charge in [0.2, 0.25) is 0 Å². The van der Waals surface area contributed by atoms with E-state index in [-0.39, 0.29) is 0 Å². The van der Waals surface area contributed by atoms with E-state index in [1.54, 1.807) is 0 Å². The van der Waals surface area contributed by atoms with E-state index in [1.807, 2.05) is 11.3 Å². The van der Waals surface area contributed by atoms with Crippen molar-refractivity contribution in [2.75, 3.05) is 0 Å². The molecule has 1 aromatic heterocycles. The number of rotatable bonds is 3. The lowest BCUT2D eigenvalue weighted by Crippen LogP contribution is -1.98. The van der Waals surface area contributed by atoms with Crippen molar-refractivity contribution in [2.45, 2.75) is 45.4 Å². The topological polar surface area (TPSA) is 12.9 Å². The Labute approximate surface area is 84.2 Å². The van der Waals surface area contributed by atoms with Crippen LogP contribution < -0.4 is 0 Å². The van der Waals surface area contributed by atoms with Gasteiger partial charge in [-0.05, 0) is 18.8 Å². The molecule has 0 spiro atoms. The summed E-state index contributed by atoms with van der Waals surface area (Å²) in [7, 11) is 0. The molecule has 0 saturated heterocycles. The second-order valence-electron chi connectivity index (χ2n) is 3.94. The van der Waals surface area contributed by atoms with Crippen LogP contribution in [0, 0.1) is 5.92 Å². The molecule has 1 nitrogen and oxygen atoms in total. The predicted octanol–water partition coefficient (Wildman–Crippen LogP) is 3.44. The zero-order valence-electron chi connectivity index (χ0n) is 8.25. The Balaban J connectivity index is 1.92. The maximum Gasteiger partial charge on any atom is 0.0925 e. The summed E-state index contributed by atoms with van der Waals surface area (Å²) in [5.74, 6) is 0.937. The quantitative estimate of drug-likeness (QED) is 0.720. The van der Waals surface area contributed by atoms with Crippen molar-refractivity contribution in [1.29, 1.82) is 0 Å². The van der Waals surface area contributed by atoms with Gasteiger partial charge in [-0.3, -0.25) is 0 Å². The summed E-state index contributed by atoms with van der Waals surface area (Å²) < 4.78 is 0. The van der Waals surface area contributed by atoms with Gasteiger partial charge in [-0.25, -0.2) is 4.98 Å². The maximum absolute atomic E-state index is 4.61. The van der Waals surface area contributed by atoms with E-state index in [0.717, 1.165) is 12.3 Å². The third-order valence-corrected chi connectivity index (χ3v) is 3.92. The van der Waals surface area contributed by atoms with E-state index >= 15 is 0 Å². The minimum Gasteiger partial charge on any atom is -0.246 e. The molecule has 1 saturated carbocycles. The first kappa shape index (κ1) is 9.20. The maximum atomic E-state index is 4.61. The van der Waals surface area contributed by atoms with E-state index in [1.165, 1.54) is 42.8 Å². The van der Waals surface area contributed by atoms with E-state index in [0.29, 0.717) is 0 Å². The third kappa shape index (κ3) is 2.31. The molecule has 0 unspecified atom stereocenters. The minimum atomic E-state index is 0.937. The van der Waals surface area contributed by atoms with Crippen LogP contribution in [0.5, 0.6) is 0 Å². The average Bonchev–Trinajstić information content (AvgIpc) is 2.76. The van der Waals surface area contributed by atoms with Crippen molar-refractivity contribution < 1.29 is 0 Å². The average molecular weight is 195 g/mol. The normalized spacial score (nSPS) is 18.2. The van der Waals surface area contributed by atoms with Crippen LogP contribution in [-0.2, 0) is 12.8 Å². The van der Waals surface area contributed by atoms with Gasteiger partial charge in [0.15, 0.2) is 0 Å². The van der Waals surface area contributed by atoms with Gasteiger partial charge in [0.25, 0.3) is 0 Å². The van der Waals surface area contributed by atoms with Gasteiger partial charge in [0.1, 0.15) is 0 Å². The van der Waals surface area contributed by atoms with Crippen LogP contribution in [0.15, 0.2) is 5.38 Å². The van der Waals surface area contributed by atoms with Crippen molar-refractivity contribution in [3.8, 4) is 0 Å². The van der Waals surface area contributed by atoms with Crippen LogP contribution in [0.3, 0.4) is 0 Å². The molecular formula is C11H17NS. The highest BCUT2D eigenvalue weighted by molar-refractivity contribution is 7.09. The van der Waals surface area contributed by atoms with Crippen LogP contribution in [-0.4, -0.2) is 4.98 Å². The molecule has 0 bridgehead atoms. The molecule has 72 valence electrons. The molecule has 2 heteroatoms. The Morgan fingerprint density at radius 3 is 2.85 bits per heavy atom. The Kier molecular flexibility index (Phi) is 2.99. The van der Waals surface area contributed by atoms with E-state index in [4.69, 9.17) is 0 Å². The lowest BCUT2D eigenvalue weighted by molar-refractivity contribution is 0.540. The summed E-state index contributed by atoms with van der Waals surface area (Å²) in [5.41, 5.74) is 1.34. The minimum absolute atomic E-state index is 0.937. The summed E-state index contributed by atoms with van der Waals surface area (Å²) in [6.07, 6.45) is 8.06. The number of nitrogens with zero attached hydrogens (tertiary/aromatic N) is 1. The Bertz CT molecular complexity index is 261. The molecule has 0 atom stereocenters. The van der Waals surface area contributed by atoms with Gasteiger partial charge in [-0.1, -0.05) is 32.6 Å². The molecule has 1 aliphatic carbocycles. The molecule has 0 aliphatic heterocycles.